The van der Waals surface area contributed by atoms with Gasteiger partial charge in [-0.3, -0.25) is 9.69 Å². The van der Waals surface area contributed by atoms with Gasteiger partial charge in [0.15, 0.2) is 0 Å². The van der Waals surface area contributed by atoms with Crippen molar-refractivity contribution in [2.24, 2.45) is 0 Å². The Bertz CT molecular complexity index is 796. The third-order valence-electron chi connectivity index (χ3n) is 4.70. The van der Waals surface area contributed by atoms with Crippen LogP contribution in [0, 0.1) is 6.92 Å². The van der Waals surface area contributed by atoms with Crippen molar-refractivity contribution in [2.45, 2.75) is 32.4 Å². The molecule has 0 bridgehead atoms. The van der Waals surface area contributed by atoms with Gasteiger partial charge in [0.2, 0.25) is 0 Å². The molecule has 2 heterocycles. The van der Waals surface area contributed by atoms with Crippen molar-refractivity contribution in [3.05, 3.63) is 47.5 Å². The maximum absolute atomic E-state index is 12.2. The molecule has 144 valence electrons. The molecule has 2 amide bonds. The van der Waals surface area contributed by atoms with Crippen LogP contribution in [-0.2, 0) is 11.3 Å². The number of amides is 2. The number of hydrogen-bond acceptors (Lipinski definition) is 4. The number of nitrogens with one attached hydrogen (secondary N) is 2. The van der Waals surface area contributed by atoms with E-state index in [0.717, 1.165) is 37.4 Å². The summed E-state index contributed by atoms with van der Waals surface area (Å²) in [4.78, 5) is 34.8. The second-order valence-corrected chi connectivity index (χ2v) is 6.92. The van der Waals surface area contributed by atoms with Gasteiger partial charge in [0.05, 0.1) is 6.54 Å². The average Bonchev–Trinajstić information content (AvgIpc) is 3.28. The Balaban J connectivity index is 1.68. The van der Waals surface area contributed by atoms with Gasteiger partial charge < -0.3 is 20.3 Å². The van der Waals surface area contributed by atoms with E-state index in [2.05, 4.69) is 15.3 Å². The number of nitrogens with zero attached hydrogens (tertiary/aromatic N) is 3. The van der Waals surface area contributed by atoms with Crippen molar-refractivity contribution < 1.29 is 14.7 Å². The number of likely N-dealkylation sites (N-methyl/N-ethyl adjacent to an activating group) is 1. The highest BCUT2D eigenvalue weighted by atomic mass is 16.4. The van der Waals surface area contributed by atoms with E-state index in [1.807, 2.05) is 6.92 Å². The molecular formula is C19H25N5O3. The summed E-state index contributed by atoms with van der Waals surface area (Å²) in [5.41, 5.74) is 2.24. The number of imidazole rings is 1. The zero-order chi connectivity index (χ0) is 19.4. The number of carbonyl (C=O) groups excluding carboxylic acids is 1. The van der Waals surface area contributed by atoms with Crippen LogP contribution in [-0.4, -0.2) is 57.0 Å². The van der Waals surface area contributed by atoms with E-state index in [9.17, 15) is 14.7 Å². The number of hydrogen-bond donors (Lipinski definition) is 3. The first-order valence-electron chi connectivity index (χ1n) is 9.03. The summed E-state index contributed by atoms with van der Waals surface area (Å²) in [7, 11) is 1.75. The van der Waals surface area contributed by atoms with E-state index >= 15 is 0 Å². The lowest BCUT2D eigenvalue weighted by Gasteiger charge is -2.24. The van der Waals surface area contributed by atoms with Gasteiger partial charge in [0, 0.05) is 30.7 Å². The molecule has 1 aromatic heterocycles. The first kappa shape index (κ1) is 18.9. The standard InChI is InChI=1S/C19H25N5O3/c1-13-11-20-16(21-13)12-23(2)17(18(25)26)14-5-7-15(8-6-14)22-19(27)24-9-3-4-10-24/h5-8,11,17H,3-4,9-10,12H2,1-2H3,(H,20,21)(H,22,27)(H,25,26)/t17-/m0/s1. The Morgan fingerprint density at radius 2 is 1.96 bits per heavy atom. The summed E-state index contributed by atoms with van der Waals surface area (Å²) in [6.45, 7) is 3.85. The van der Waals surface area contributed by atoms with Crippen LogP contribution in [0.5, 0.6) is 0 Å². The van der Waals surface area contributed by atoms with Gasteiger partial charge in [-0.15, -0.1) is 0 Å². The Kier molecular flexibility index (Phi) is 5.75. The Hall–Kier alpha value is -2.87. The number of H-pyrrole nitrogens is 1. The van der Waals surface area contributed by atoms with Crippen molar-refractivity contribution in [3.8, 4) is 0 Å². The monoisotopic (exact) mass is 371 g/mol. The van der Waals surface area contributed by atoms with Gasteiger partial charge >= 0.3 is 12.0 Å². The topological polar surface area (TPSA) is 102 Å². The molecule has 1 fully saturated rings. The highest BCUT2D eigenvalue weighted by molar-refractivity contribution is 5.89. The fraction of sp³-hybridized carbons (Fsp3) is 0.421. The van der Waals surface area contributed by atoms with Crippen LogP contribution in [0.4, 0.5) is 10.5 Å². The predicted octanol–water partition coefficient (Wildman–Crippen LogP) is 2.60. The lowest BCUT2D eigenvalue weighted by molar-refractivity contribution is -0.143. The largest absolute Gasteiger partial charge is 0.480 e. The van der Waals surface area contributed by atoms with Crippen molar-refractivity contribution >= 4 is 17.7 Å². The first-order chi connectivity index (χ1) is 12.9. The molecule has 27 heavy (non-hydrogen) atoms. The van der Waals surface area contributed by atoms with Gasteiger partial charge in [-0.1, -0.05) is 12.1 Å². The fourth-order valence-corrected chi connectivity index (χ4v) is 3.33. The van der Waals surface area contributed by atoms with Crippen molar-refractivity contribution in [2.75, 3.05) is 25.5 Å². The van der Waals surface area contributed by atoms with Gasteiger partial charge in [-0.05, 0) is 44.5 Å². The zero-order valence-corrected chi connectivity index (χ0v) is 15.6. The van der Waals surface area contributed by atoms with E-state index in [-0.39, 0.29) is 6.03 Å². The Morgan fingerprint density at radius 1 is 1.30 bits per heavy atom. The van der Waals surface area contributed by atoms with Gasteiger partial charge in [0.1, 0.15) is 11.9 Å². The maximum Gasteiger partial charge on any atom is 0.325 e. The van der Waals surface area contributed by atoms with Gasteiger partial charge in [-0.25, -0.2) is 9.78 Å². The first-order valence-corrected chi connectivity index (χ1v) is 9.03. The van der Waals surface area contributed by atoms with Crippen molar-refractivity contribution in [1.82, 2.24) is 19.8 Å². The number of likely N-dealkylation sites (tertiary alicyclic amines) is 1. The Morgan fingerprint density at radius 3 is 2.52 bits per heavy atom. The third kappa shape index (κ3) is 4.65. The van der Waals surface area contributed by atoms with Crippen LogP contribution >= 0.6 is 0 Å². The quantitative estimate of drug-likeness (QED) is 0.724. The molecule has 8 heteroatoms. The lowest BCUT2D eigenvalue weighted by atomic mass is 10.1. The predicted molar refractivity (Wildman–Crippen MR) is 101 cm³/mol. The molecule has 2 aromatic rings. The van der Waals surface area contributed by atoms with Crippen LogP contribution < -0.4 is 5.32 Å². The Labute approximate surface area is 158 Å². The number of benzene rings is 1. The molecule has 3 rings (SSSR count). The van der Waals surface area contributed by atoms with Gasteiger partial charge in [-0.2, -0.15) is 0 Å². The highest BCUT2D eigenvalue weighted by Gasteiger charge is 2.25. The molecule has 1 saturated heterocycles. The second kappa shape index (κ2) is 8.22. The van der Waals surface area contributed by atoms with Crippen molar-refractivity contribution in [3.63, 3.8) is 0 Å². The number of aromatic nitrogens is 2. The number of carboxylic acid groups (broad SMARTS) is 1. The number of aliphatic carboxylic acids is 1. The van der Waals surface area contributed by atoms with Crippen molar-refractivity contribution in [1.29, 1.82) is 0 Å². The molecule has 8 nitrogen and oxygen atoms in total. The normalized spacial score (nSPS) is 15.1. The van der Waals surface area contributed by atoms with Crippen LogP contribution in [0.15, 0.2) is 30.5 Å². The van der Waals surface area contributed by atoms with Crippen LogP contribution in [0.25, 0.3) is 0 Å². The summed E-state index contributed by atoms with van der Waals surface area (Å²) in [6, 6.07) is 6.04. The van der Waals surface area contributed by atoms with Crippen LogP contribution in [0.2, 0.25) is 0 Å². The number of urea groups is 1. The van der Waals surface area contributed by atoms with E-state index < -0.39 is 12.0 Å². The molecule has 1 atom stereocenters. The number of carboxylic acids is 1. The number of aromatic amines is 1. The number of aryl methyl sites for hydroxylation is 1. The average molecular weight is 371 g/mol. The number of anilines is 1. The van der Waals surface area contributed by atoms with Crippen LogP contribution in [0.3, 0.4) is 0 Å². The number of rotatable bonds is 6. The summed E-state index contributed by atoms with van der Waals surface area (Å²) in [5, 5.41) is 12.6. The SMILES string of the molecule is Cc1cnc(CN(C)[C@H](C(=O)O)c2ccc(NC(=O)N3CCCC3)cc2)[nH]1. The minimum Gasteiger partial charge on any atom is -0.480 e. The summed E-state index contributed by atoms with van der Waals surface area (Å²) in [6.07, 6.45) is 3.79. The third-order valence-corrected chi connectivity index (χ3v) is 4.70. The molecular weight excluding hydrogens is 346 g/mol. The molecule has 0 unspecified atom stereocenters. The lowest BCUT2D eigenvalue weighted by Crippen LogP contribution is -2.32. The molecule has 1 aliphatic heterocycles. The molecule has 0 spiro atoms. The maximum atomic E-state index is 12.2. The van der Waals surface area contributed by atoms with E-state index in [4.69, 9.17) is 0 Å². The second-order valence-electron chi connectivity index (χ2n) is 6.92. The minimum absolute atomic E-state index is 0.111. The number of carbonyl (C=O) groups is 2. The molecule has 1 aliphatic rings. The molecule has 1 aromatic carbocycles. The molecule has 0 aliphatic carbocycles. The van der Waals surface area contributed by atoms with E-state index in [1.54, 1.807) is 47.3 Å². The molecule has 3 N–H and O–H groups in total. The van der Waals surface area contributed by atoms with E-state index in [0.29, 0.717) is 17.8 Å². The highest BCUT2D eigenvalue weighted by Crippen LogP contribution is 2.23. The molecule has 0 radical (unpaired) electrons. The van der Waals surface area contributed by atoms with Crippen LogP contribution in [0.1, 0.15) is 36.0 Å². The minimum atomic E-state index is -0.936. The zero-order valence-electron chi connectivity index (χ0n) is 15.6. The van der Waals surface area contributed by atoms with E-state index in [1.165, 1.54) is 0 Å². The van der Waals surface area contributed by atoms with Gasteiger partial charge in [0.25, 0.3) is 0 Å². The summed E-state index contributed by atoms with van der Waals surface area (Å²) >= 11 is 0. The fourth-order valence-electron chi connectivity index (χ4n) is 3.33. The smallest absolute Gasteiger partial charge is 0.325 e. The summed E-state index contributed by atoms with van der Waals surface area (Å²) in [5.74, 6) is -0.217. The summed E-state index contributed by atoms with van der Waals surface area (Å²) < 4.78 is 0. The molecule has 0 saturated carbocycles.